The molecule has 0 bridgehead atoms. The van der Waals surface area contributed by atoms with Crippen molar-refractivity contribution in [1.82, 2.24) is 14.9 Å². The number of fused-ring (bicyclic) bond motifs is 1. The standard InChI is InChI=1S/C18H23N3O5/c1-4-7-21-17(23)14(16(22)20-18(21)24)15-11-9-13(26-3)12(25-2)8-10(11)5-6-19-15/h8-9,15,19,23H,4-7H2,1-3H3,(H,20,22,24). The SMILES string of the molecule is CCCn1c(O)c(C2NCCc3cc(OC)c(OC)cc32)c(=O)[nH]c1=O. The molecule has 2 heterocycles. The first-order valence-corrected chi connectivity index (χ1v) is 8.55. The van der Waals surface area contributed by atoms with Crippen LogP contribution in [-0.4, -0.2) is 35.4 Å². The Balaban J connectivity index is 2.21. The molecule has 140 valence electrons. The van der Waals surface area contributed by atoms with Crippen LogP contribution in [0.2, 0.25) is 0 Å². The van der Waals surface area contributed by atoms with Crippen LogP contribution in [0.25, 0.3) is 0 Å². The van der Waals surface area contributed by atoms with E-state index in [1.807, 2.05) is 13.0 Å². The summed E-state index contributed by atoms with van der Waals surface area (Å²) in [5, 5.41) is 13.9. The normalized spacial score (nSPS) is 16.2. The number of benzene rings is 1. The number of hydrogen-bond donors (Lipinski definition) is 3. The molecule has 26 heavy (non-hydrogen) atoms. The number of ether oxygens (including phenoxy) is 2. The number of aromatic amines is 1. The van der Waals surface area contributed by atoms with Gasteiger partial charge in [0.25, 0.3) is 5.56 Å². The predicted molar refractivity (Wildman–Crippen MR) is 96.4 cm³/mol. The van der Waals surface area contributed by atoms with Crippen molar-refractivity contribution < 1.29 is 14.6 Å². The number of nitrogens with zero attached hydrogens (tertiary/aromatic N) is 1. The zero-order valence-corrected chi connectivity index (χ0v) is 15.1. The molecule has 0 amide bonds. The summed E-state index contributed by atoms with van der Waals surface area (Å²) in [6.07, 6.45) is 1.40. The monoisotopic (exact) mass is 361 g/mol. The number of rotatable bonds is 5. The zero-order valence-electron chi connectivity index (χ0n) is 15.1. The summed E-state index contributed by atoms with van der Waals surface area (Å²) in [5.74, 6) is 0.847. The first kappa shape index (κ1) is 18.1. The van der Waals surface area contributed by atoms with Crippen molar-refractivity contribution in [2.24, 2.45) is 0 Å². The quantitative estimate of drug-likeness (QED) is 0.731. The Labute approximate surface area is 150 Å². The highest BCUT2D eigenvalue weighted by Crippen LogP contribution is 2.38. The number of methoxy groups -OCH3 is 2. The molecule has 0 radical (unpaired) electrons. The van der Waals surface area contributed by atoms with Crippen LogP contribution in [0.1, 0.15) is 36.1 Å². The smallest absolute Gasteiger partial charge is 0.331 e. The van der Waals surface area contributed by atoms with E-state index in [1.165, 1.54) is 4.57 Å². The number of aromatic hydroxyl groups is 1. The fourth-order valence-electron chi connectivity index (χ4n) is 3.41. The largest absolute Gasteiger partial charge is 0.494 e. The van der Waals surface area contributed by atoms with Crippen LogP contribution in [0, 0.1) is 0 Å². The molecule has 1 unspecified atom stereocenters. The summed E-state index contributed by atoms with van der Waals surface area (Å²) < 4.78 is 11.9. The zero-order chi connectivity index (χ0) is 18.8. The Morgan fingerprint density at radius 3 is 2.58 bits per heavy atom. The van der Waals surface area contributed by atoms with Crippen LogP contribution in [0.15, 0.2) is 21.7 Å². The molecule has 8 nitrogen and oxygen atoms in total. The van der Waals surface area contributed by atoms with E-state index in [2.05, 4.69) is 10.3 Å². The van der Waals surface area contributed by atoms with E-state index in [4.69, 9.17) is 9.47 Å². The van der Waals surface area contributed by atoms with Crippen molar-refractivity contribution in [1.29, 1.82) is 0 Å². The van der Waals surface area contributed by atoms with Crippen molar-refractivity contribution in [3.63, 3.8) is 0 Å². The van der Waals surface area contributed by atoms with Crippen molar-refractivity contribution >= 4 is 0 Å². The third-order valence-electron chi connectivity index (χ3n) is 4.64. The first-order valence-electron chi connectivity index (χ1n) is 8.55. The number of nitrogens with one attached hydrogen (secondary N) is 2. The third-order valence-corrected chi connectivity index (χ3v) is 4.64. The highest BCUT2D eigenvalue weighted by molar-refractivity contribution is 5.52. The fraction of sp³-hybridized carbons (Fsp3) is 0.444. The van der Waals surface area contributed by atoms with Crippen LogP contribution in [-0.2, 0) is 13.0 Å². The predicted octanol–water partition coefficient (Wildman–Crippen LogP) is 0.904. The first-order chi connectivity index (χ1) is 12.5. The van der Waals surface area contributed by atoms with E-state index >= 15 is 0 Å². The molecule has 8 heteroatoms. The molecule has 2 aromatic rings. The van der Waals surface area contributed by atoms with E-state index in [-0.39, 0.29) is 11.4 Å². The number of hydrogen-bond acceptors (Lipinski definition) is 6. The van der Waals surface area contributed by atoms with Crippen LogP contribution < -0.4 is 26.0 Å². The van der Waals surface area contributed by atoms with Gasteiger partial charge in [0.2, 0.25) is 5.88 Å². The Morgan fingerprint density at radius 2 is 1.92 bits per heavy atom. The maximum absolute atomic E-state index is 12.5. The van der Waals surface area contributed by atoms with Gasteiger partial charge < -0.3 is 19.9 Å². The summed E-state index contributed by atoms with van der Waals surface area (Å²) in [6.45, 7) is 2.83. The topological polar surface area (TPSA) is 106 Å². The van der Waals surface area contributed by atoms with E-state index < -0.39 is 17.3 Å². The number of H-pyrrole nitrogens is 1. The van der Waals surface area contributed by atoms with Gasteiger partial charge in [-0.25, -0.2) is 4.79 Å². The lowest BCUT2D eigenvalue weighted by Crippen LogP contribution is -2.39. The summed E-state index contributed by atoms with van der Waals surface area (Å²) in [6, 6.07) is 3.14. The molecule has 1 aliphatic rings. The van der Waals surface area contributed by atoms with Gasteiger partial charge in [-0.15, -0.1) is 0 Å². The third kappa shape index (κ3) is 2.96. The molecule has 0 saturated carbocycles. The van der Waals surface area contributed by atoms with Gasteiger partial charge in [-0.05, 0) is 36.1 Å². The average Bonchev–Trinajstić information content (AvgIpc) is 2.64. The minimum Gasteiger partial charge on any atom is -0.494 e. The van der Waals surface area contributed by atoms with Crippen LogP contribution >= 0.6 is 0 Å². The molecule has 0 aliphatic carbocycles. The lowest BCUT2D eigenvalue weighted by Gasteiger charge is -2.28. The molecule has 0 saturated heterocycles. The van der Waals surface area contributed by atoms with Crippen molar-refractivity contribution in [2.75, 3.05) is 20.8 Å². The Bertz CT molecular complexity index is 932. The van der Waals surface area contributed by atoms with E-state index in [0.717, 1.165) is 17.5 Å². The van der Waals surface area contributed by atoms with Crippen molar-refractivity contribution in [3.8, 4) is 17.4 Å². The highest BCUT2D eigenvalue weighted by atomic mass is 16.5. The summed E-state index contributed by atoms with van der Waals surface area (Å²) >= 11 is 0. The Kier molecular flexibility index (Phi) is 5.03. The van der Waals surface area contributed by atoms with Gasteiger partial charge >= 0.3 is 5.69 Å². The highest BCUT2D eigenvalue weighted by Gasteiger charge is 2.29. The van der Waals surface area contributed by atoms with Crippen LogP contribution in [0.3, 0.4) is 0 Å². The molecule has 1 atom stereocenters. The Morgan fingerprint density at radius 1 is 1.23 bits per heavy atom. The summed E-state index contributed by atoms with van der Waals surface area (Å²) in [7, 11) is 3.11. The van der Waals surface area contributed by atoms with Gasteiger partial charge in [0.15, 0.2) is 11.5 Å². The minimum atomic E-state index is -0.610. The molecule has 3 N–H and O–H groups in total. The minimum absolute atomic E-state index is 0.131. The molecule has 1 aromatic heterocycles. The van der Waals surface area contributed by atoms with Gasteiger partial charge in [-0.2, -0.15) is 0 Å². The van der Waals surface area contributed by atoms with Gasteiger partial charge in [-0.3, -0.25) is 14.3 Å². The van der Waals surface area contributed by atoms with E-state index in [1.54, 1.807) is 20.3 Å². The average molecular weight is 361 g/mol. The van der Waals surface area contributed by atoms with Gasteiger partial charge in [0.05, 0.1) is 25.8 Å². The van der Waals surface area contributed by atoms with Gasteiger partial charge in [0, 0.05) is 13.1 Å². The van der Waals surface area contributed by atoms with Gasteiger partial charge in [0.1, 0.15) is 0 Å². The molecular formula is C18H23N3O5. The van der Waals surface area contributed by atoms with E-state index in [9.17, 15) is 14.7 Å². The lowest BCUT2D eigenvalue weighted by atomic mass is 9.90. The maximum Gasteiger partial charge on any atom is 0.331 e. The Hall–Kier alpha value is -2.74. The lowest BCUT2D eigenvalue weighted by molar-refractivity contribution is 0.352. The van der Waals surface area contributed by atoms with Crippen molar-refractivity contribution in [3.05, 3.63) is 49.7 Å². The summed E-state index contributed by atoms with van der Waals surface area (Å²) in [4.78, 5) is 26.8. The summed E-state index contributed by atoms with van der Waals surface area (Å²) in [5.41, 5.74) is 0.738. The molecule has 0 fully saturated rings. The van der Waals surface area contributed by atoms with Crippen LogP contribution in [0.4, 0.5) is 0 Å². The molecule has 1 aliphatic heterocycles. The van der Waals surface area contributed by atoms with E-state index in [0.29, 0.717) is 31.0 Å². The molecular weight excluding hydrogens is 338 g/mol. The van der Waals surface area contributed by atoms with Crippen LogP contribution in [0.5, 0.6) is 17.4 Å². The molecule has 3 rings (SSSR count). The maximum atomic E-state index is 12.5. The number of aromatic nitrogens is 2. The molecule has 1 aromatic carbocycles. The second kappa shape index (κ2) is 7.25. The fourth-order valence-corrected chi connectivity index (χ4v) is 3.41. The second-order valence-corrected chi connectivity index (χ2v) is 6.19. The molecule has 0 spiro atoms. The van der Waals surface area contributed by atoms with Gasteiger partial charge in [-0.1, -0.05) is 6.92 Å². The van der Waals surface area contributed by atoms with Crippen molar-refractivity contribution in [2.45, 2.75) is 32.4 Å². The second-order valence-electron chi connectivity index (χ2n) is 6.19.